The number of nitrogens with one attached hydrogen (secondary N) is 3. The smallest absolute Gasteiger partial charge is 0.247 e. The minimum atomic E-state index is -2.50. The van der Waals surface area contributed by atoms with Crippen LogP contribution < -0.4 is 20.7 Å². The number of carbonyl (C=O) groups is 1. The lowest BCUT2D eigenvalue weighted by Crippen LogP contribution is -2.07. The summed E-state index contributed by atoms with van der Waals surface area (Å²) in [6, 6.07) is 6.09. The lowest BCUT2D eigenvalue weighted by Gasteiger charge is -2.11. The number of halogens is 1. The molecule has 1 amide bonds. The average Bonchev–Trinajstić information content (AvgIpc) is 2.86. The van der Waals surface area contributed by atoms with Crippen LogP contribution in [0, 0.1) is 5.82 Å². The van der Waals surface area contributed by atoms with Crippen molar-refractivity contribution in [3.05, 3.63) is 73.1 Å². The Hall–Kier alpha value is -3.98. The molecular weight excluding hydrogens is 401 g/mol. The van der Waals surface area contributed by atoms with E-state index in [1.54, 1.807) is 24.3 Å². The van der Waals surface area contributed by atoms with Crippen molar-refractivity contribution >= 4 is 34.7 Å². The van der Waals surface area contributed by atoms with Crippen LogP contribution in [0.4, 0.5) is 33.2 Å². The molecule has 8 nitrogen and oxygen atoms in total. The molecule has 1 heterocycles. The summed E-state index contributed by atoms with van der Waals surface area (Å²) in [4.78, 5) is 19.4. The highest BCUT2D eigenvalue weighted by molar-refractivity contribution is 5.99. The van der Waals surface area contributed by atoms with Crippen molar-refractivity contribution < 1.29 is 28.3 Å². The summed E-state index contributed by atoms with van der Waals surface area (Å²) < 4.78 is 77.4. The maximum atomic E-state index is 14.7. The van der Waals surface area contributed by atoms with Gasteiger partial charge in [-0.25, -0.2) is 9.37 Å². The highest BCUT2D eigenvalue weighted by atomic mass is 19.1. The van der Waals surface area contributed by atoms with Gasteiger partial charge in [-0.3, -0.25) is 4.79 Å². The fourth-order valence-electron chi connectivity index (χ4n) is 2.27. The summed E-state index contributed by atoms with van der Waals surface area (Å²) in [6.45, 7) is 3.20. The van der Waals surface area contributed by atoms with Gasteiger partial charge in [0.2, 0.25) is 11.9 Å². The summed E-state index contributed by atoms with van der Waals surface area (Å²) >= 11 is 0. The number of anilines is 5. The van der Waals surface area contributed by atoms with Crippen LogP contribution in [0.5, 0.6) is 5.75 Å². The Bertz CT molecular complexity index is 1340. The zero-order valence-electron chi connectivity index (χ0n) is 23.1. The highest BCUT2D eigenvalue weighted by Crippen LogP contribution is 2.23. The monoisotopic (exact) mass is 430 g/mol. The summed E-state index contributed by atoms with van der Waals surface area (Å²) in [5.41, 5.74) is 0.206. The molecule has 9 heteroatoms. The molecule has 0 radical (unpaired) electrons. The van der Waals surface area contributed by atoms with Crippen molar-refractivity contribution in [2.24, 2.45) is 0 Å². The first-order valence-electron chi connectivity index (χ1n) is 12.4. The Labute approximate surface area is 189 Å². The molecular formula is C22H22FN5O3. The molecule has 0 aliphatic rings. The molecule has 0 saturated heterocycles. The minimum absolute atomic E-state index is 0.0156. The summed E-state index contributed by atoms with van der Waals surface area (Å²) in [5, 5.41) is 7.68. The van der Waals surface area contributed by atoms with E-state index in [-0.39, 0.29) is 30.5 Å². The van der Waals surface area contributed by atoms with E-state index in [1.807, 2.05) is 0 Å². The molecule has 3 rings (SSSR count). The Balaban J connectivity index is 1.77. The van der Waals surface area contributed by atoms with Gasteiger partial charge >= 0.3 is 0 Å². The topological polar surface area (TPSA) is 97.4 Å². The van der Waals surface area contributed by atoms with Gasteiger partial charge in [-0.2, -0.15) is 4.98 Å². The fraction of sp³-hybridized carbons (Fsp3) is 0.136. The van der Waals surface area contributed by atoms with Crippen LogP contribution in [0.15, 0.2) is 67.3 Å². The SMILES string of the molecule is [2H]c1nc(Nc2ccc(OCCOC([2H])([2H])[2H])cc2)nc(Nc2cc(NC(=O)C=C)c([2H])c([2H])c2[2H])c1F. The normalized spacial score (nSPS) is 13.9. The molecule has 1 aromatic heterocycles. The van der Waals surface area contributed by atoms with Gasteiger partial charge in [0.05, 0.1) is 22.4 Å². The first-order chi connectivity index (χ1) is 17.9. The maximum Gasteiger partial charge on any atom is 0.247 e. The van der Waals surface area contributed by atoms with Crippen molar-refractivity contribution in [2.75, 3.05) is 36.2 Å². The fourth-order valence-corrected chi connectivity index (χ4v) is 2.27. The number of carbonyl (C=O) groups excluding carboxylic acids is 1. The third-order valence-corrected chi connectivity index (χ3v) is 3.63. The lowest BCUT2D eigenvalue weighted by atomic mass is 10.2. The van der Waals surface area contributed by atoms with Crippen LogP contribution in [0.25, 0.3) is 0 Å². The van der Waals surface area contributed by atoms with Crippen LogP contribution >= 0.6 is 0 Å². The van der Waals surface area contributed by atoms with Gasteiger partial charge in [0.25, 0.3) is 0 Å². The number of amides is 1. The van der Waals surface area contributed by atoms with Gasteiger partial charge in [0.15, 0.2) is 11.6 Å². The van der Waals surface area contributed by atoms with Gasteiger partial charge < -0.3 is 25.4 Å². The third-order valence-electron chi connectivity index (χ3n) is 3.63. The molecule has 3 aromatic rings. The predicted octanol–water partition coefficient (Wildman–Crippen LogP) is 4.25. The maximum absolute atomic E-state index is 14.7. The van der Waals surface area contributed by atoms with E-state index in [9.17, 15) is 9.18 Å². The van der Waals surface area contributed by atoms with E-state index >= 15 is 0 Å². The summed E-state index contributed by atoms with van der Waals surface area (Å²) in [6.07, 6.45) is 0.210. The number of aromatic nitrogens is 2. The third kappa shape index (κ3) is 6.51. The van der Waals surface area contributed by atoms with E-state index < -0.39 is 48.9 Å². The zero-order valence-corrected chi connectivity index (χ0v) is 16.1. The van der Waals surface area contributed by atoms with E-state index in [1.165, 1.54) is 6.07 Å². The molecule has 0 aliphatic heterocycles. The van der Waals surface area contributed by atoms with Crippen LogP contribution in [0.3, 0.4) is 0 Å². The molecule has 31 heavy (non-hydrogen) atoms. The Morgan fingerprint density at radius 1 is 1.23 bits per heavy atom. The number of hydrogen-bond acceptors (Lipinski definition) is 7. The second-order valence-corrected chi connectivity index (χ2v) is 5.83. The van der Waals surface area contributed by atoms with Crippen LogP contribution in [-0.2, 0) is 9.53 Å². The summed E-state index contributed by atoms with van der Waals surface area (Å²) in [5.74, 6) is -1.98. The molecule has 0 aliphatic carbocycles. The van der Waals surface area contributed by atoms with Gasteiger partial charge in [0.1, 0.15) is 12.4 Å². The van der Waals surface area contributed by atoms with Crippen LogP contribution in [-0.4, -0.2) is 36.1 Å². The van der Waals surface area contributed by atoms with E-state index in [2.05, 4.69) is 37.2 Å². The quantitative estimate of drug-likeness (QED) is 0.327. The van der Waals surface area contributed by atoms with Gasteiger partial charge in [-0.1, -0.05) is 12.6 Å². The van der Waals surface area contributed by atoms with Crippen LogP contribution in [0.1, 0.15) is 9.60 Å². The van der Waals surface area contributed by atoms with Crippen molar-refractivity contribution in [1.82, 2.24) is 9.97 Å². The number of rotatable bonds is 10. The van der Waals surface area contributed by atoms with Crippen molar-refractivity contribution in [3.63, 3.8) is 0 Å². The molecule has 0 saturated carbocycles. The van der Waals surface area contributed by atoms with Crippen molar-refractivity contribution in [2.45, 2.75) is 0 Å². The standard InChI is InChI=1S/C22H22FN5O3/c1-3-20(29)25-16-5-4-6-17(13-16)26-21-19(23)14-24-22(28-21)27-15-7-9-18(10-8-15)31-12-11-30-2/h3-10,13-14H,1,11-12H2,2H3,(H,25,29)(H2,24,26,27,28)/i2D3,4D,5D,6D,14D. The molecule has 3 N–H and O–H groups in total. The Morgan fingerprint density at radius 2 is 2.03 bits per heavy atom. The number of hydrogen-bond donors (Lipinski definition) is 3. The van der Waals surface area contributed by atoms with Gasteiger partial charge in [-0.05, 0) is 48.5 Å². The first-order valence-corrected chi connectivity index (χ1v) is 8.87. The molecule has 0 fully saturated rings. The molecule has 160 valence electrons. The molecule has 0 unspecified atom stereocenters. The molecule has 0 atom stereocenters. The second-order valence-electron chi connectivity index (χ2n) is 5.83. The number of methoxy groups -OCH3 is 1. The zero-order chi connectivity index (χ0) is 28.0. The molecule has 0 bridgehead atoms. The first kappa shape index (κ1) is 14.1. The van der Waals surface area contributed by atoms with Crippen molar-refractivity contribution in [3.8, 4) is 5.75 Å². The Kier molecular flexibility index (Phi) is 4.87. The number of ether oxygens (including phenoxy) is 2. The van der Waals surface area contributed by atoms with E-state index in [4.69, 9.17) is 14.3 Å². The van der Waals surface area contributed by atoms with E-state index in [0.717, 1.165) is 6.08 Å². The average molecular weight is 430 g/mol. The van der Waals surface area contributed by atoms with Gasteiger partial charge in [0, 0.05) is 24.1 Å². The Morgan fingerprint density at radius 3 is 2.81 bits per heavy atom. The second kappa shape index (κ2) is 10.7. The van der Waals surface area contributed by atoms with Crippen molar-refractivity contribution in [1.29, 1.82) is 0 Å². The largest absolute Gasteiger partial charge is 0.491 e. The predicted molar refractivity (Wildman–Crippen MR) is 118 cm³/mol. The molecule has 0 spiro atoms. The number of nitrogens with zero attached hydrogens (tertiary/aromatic N) is 2. The van der Waals surface area contributed by atoms with Gasteiger partial charge in [-0.15, -0.1) is 0 Å². The number of benzene rings is 2. The lowest BCUT2D eigenvalue weighted by molar-refractivity contribution is -0.111. The summed E-state index contributed by atoms with van der Waals surface area (Å²) in [7, 11) is -2.50. The minimum Gasteiger partial charge on any atom is -0.491 e. The van der Waals surface area contributed by atoms with E-state index in [0.29, 0.717) is 11.4 Å². The van der Waals surface area contributed by atoms with Crippen LogP contribution in [0.2, 0.25) is 0 Å². The molecule has 2 aromatic carbocycles. The highest BCUT2D eigenvalue weighted by Gasteiger charge is 2.09.